The molecule has 21 heavy (non-hydrogen) atoms. The molecule has 0 fully saturated rings. The molecule has 0 saturated heterocycles. The number of nitrogens with zero attached hydrogens (tertiary/aromatic N) is 1. The third-order valence-electron chi connectivity index (χ3n) is 4.08. The third-order valence-corrected chi connectivity index (χ3v) is 6.43. The topological polar surface area (TPSA) is 29.4 Å². The molecule has 2 aromatic carbocycles. The van der Waals surface area contributed by atoms with Gasteiger partial charge in [0.25, 0.3) is 0 Å². The van der Waals surface area contributed by atoms with Crippen molar-refractivity contribution in [2.45, 2.75) is 37.5 Å². The lowest BCUT2D eigenvalue weighted by Gasteiger charge is -2.26. The number of fused-ring (bicyclic) bond motifs is 1. The van der Waals surface area contributed by atoms with Gasteiger partial charge < -0.3 is 0 Å². The van der Waals surface area contributed by atoms with Crippen LogP contribution in [0.2, 0.25) is 0 Å². The molecule has 3 heteroatoms. The molecule has 0 spiro atoms. The van der Waals surface area contributed by atoms with Crippen molar-refractivity contribution >= 4 is 15.4 Å². The zero-order valence-corrected chi connectivity index (χ0v) is 13.4. The molecule has 0 N–H and O–H groups in total. The van der Waals surface area contributed by atoms with Gasteiger partial charge in [0.2, 0.25) is 0 Å². The second-order valence-electron chi connectivity index (χ2n) is 5.76. The van der Waals surface area contributed by atoms with Crippen LogP contribution in [0.4, 0.5) is 5.69 Å². The molecule has 2 aromatic rings. The van der Waals surface area contributed by atoms with Gasteiger partial charge in [0.05, 0.1) is 15.4 Å². The second kappa shape index (κ2) is 5.64. The Morgan fingerprint density at radius 3 is 2.57 bits per heavy atom. The standard InChI is InChI=1S/C18H21NOS/c1-3-6-15-13-21(20,16-11-9-14(2)10-12-16)19-18-8-5-4-7-17(15)18/h4-5,7-12,15H,3,6,13H2,1-2H3/t15-,21+/m1/s1. The Morgan fingerprint density at radius 2 is 1.86 bits per heavy atom. The Kier molecular flexibility index (Phi) is 3.85. The predicted octanol–water partition coefficient (Wildman–Crippen LogP) is 5.05. The van der Waals surface area contributed by atoms with Gasteiger partial charge in [0, 0.05) is 10.6 Å². The number of aryl methyl sites for hydroxylation is 1. The normalized spacial score (nSPS) is 24.2. The number of benzene rings is 2. The van der Waals surface area contributed by atoms with Gasteiger partial charge >= 0.3 is 0 Å². The number of rotatable bonds is 3. The van der Waals surface area contributed by atoms with Crippen LogP contribution in [0.25, 0.3) is 0 Å². The average Bonchev–Trinajstić information content (AvgIpc) is 2.48. The molecule has 0 amide bonds. The molecule has 2 atom stereocenters. The van der Waals surface area contributed by atoms with Gasteiger partial charge in [-0.25, -0.2) is 4.21 Å². The molecule has 1 aliphatic heterocycles. The van der Waals surface area contributed by atoms with E-state index in [1.54, 1.807) is 0 Å². The van der Waals surface area contributed by atoms with Gasteiger partial charge in [-0.15, -0.1) is 0 Å². The maximum Gasteiger partial charge on any atom is 0.0806 e. The minimum absolute atomic E-state index is 0.345. The molecule has 3 rings (SSSR count). The van der Waals surface area contributed by atoms with Crippen molar-refractivity contribution in [1.29, 1.82) is 0 Å². The molecule has 110 valence electrons. The number of hydrogen-bond donors (Lipinski definition) is 0. The van der Waals surface area contributed by atoms with Gasteiger partial charge in [0.1, 0.15) is 0 Å². The summed E-state index contributed by atoms with van der Waals surface area (Å²) in [4.78, 5) is 0.865. The fourth-order valence-corrected chi connectivity index (χ4v) is 5.27. The van der Waals surface area contributed by atoms with Crippen LogP contribution < -0.4 is 0 Å². The van der Waals surface area contributed by atoms with Gasteiger partial charge in [-0.1, -0.05) is 49.2 Å². The first kappa shape index (κ1) is 14.3. The second-order valence-corrected chi connectivity index (χ2v) is 8.02. The average molecular weight is 299 g/mol. The van der Waals surface area contributed by atoms with E-state index >= 15 is 0 Å². The van der Waals surface area contributed by atoms with Crippen LogP contribution in [0.1, 0.15) is 36.8 Å². The first-order valence-electron chi connectivity index (χ1n) is 7.53. The van der Waals surface area contributed by atoms with Crippen molar-refractivity contribution in [3.63, 3.8) is 0 Å². The monoisotopic (exact) mass is 299 g/mol. The highest BCUT2D eigenvalue weighted by molar-refractivity contribution is 7.93. The van der Waals surface area contributed by atoms with Crippen molar-refractivity contribution in [1.82, 2.24) is 0 Å². The fourth-order valence-electron chi connectivity index (χ4n) is 2.96. The molecule has 1 aliphatic rings. The lowest BCUT2D eigenvalue weighted by atomic mass is 9.95. The van der Waals surface area contributed by atoms with Crippen LogP contribution in [0.15, 0.2) is 57.8 Å². The Balaban J connectivity index is 2.13. The molecule has 0 saturated carbocycles. The van der Waals surface area contributed by atoms with Crippen LogP contribution >= 0.6 is 0 Å². The van der Waals surface area contributed by atoms with Crippen molar-refractivity contribution in [3.8, 4) is 0 Å². The molecule has 0 aliphatic carbocycles. The summed E-state index contributed by atoms with van der Waals surface area (Å²) < 4.78 is 18.0. The van der Waals surface area contributed by atoms with E-state index < -0.39 is 9.73 Å². The Bertz CT molecular complexity index is 755. The zero-order chi connectivity index (χ0) is 14.9. The molecular formula is C18H21NOS. The molecular weight excluding hydrogens is 278 g/mol. The summed E-state index contributed by atoms with van der Waals surface area (Å²) >= 11 is 0. The van der Waals surface area contributed by atoms with E-state index in [9.17, 15) is 4.21 Å². The van der Waals surface area contributed by atoms with Crippen molar-refractivity contribution in [2.24, 2.45) is 4.36 Å². The minimum Gasteiger partial charge on any atom is -0.244 e. The smallest absolute Gasteiger partial charge is 0.0806 e. The molecule has 0 radical (unpaired) electrons. The van der Waals surface area contributed by atoms with E-state index in [0.717, 1.165) is 23.4 Å². The summed E-state index contributed by atoms with van der Waals surface area (Å²) in [5.74, 6) is 0.985. The predicted molar refractivity (Wildman–Crippen MR) is 88.6 cm³/mol. The van der Waals surface area contributed by atoms with Crippen molar-refractivity contribution in [2.75, 3.05) is 5.75 Å². The molecule has 0 unspecified atom stereocenters. The Hall–Kier alpha value is -1.61. The van der Waals surface area contributed by atoms with Gasteiger partial charge in [-0.05, 0) is 43.0 Å². The van der Waals surface area contributed by atoms with Crippen LogP contribution in [-0.2, 0) is 9.73 Å². The third kappa shape index (κ3) is 2.75. The van der Waals surface area contributed by atoms with Gasteiger partial charge in [0.15, 0.2) is 0 Å². The van der Waals surface area contributed by atoms with Crippen LogP contribution in [-0.4, -0.2) is 9.96 Å². The van der Waals surface area contributed by atoms with Gasteiger partial charge in [-0.3, -0.25) is 0 Å². The van der Waals surface area contributed by atoms with E-state index in [-0.39, 0.29) is 0 Å². The maximum atomic E-state index is 13.4. The molecule has 2 nitrogen and oxygen atoms in total. The molecule has 0 bridgehead atoms. The van der Waals surface area contributed by atoms with Crippen molar-refractivity contribution < 1.29 is 4.21 Å². The Morgan fingerprint density at radius 1 is 1.14 bits per heavy atom. The van der Waals surface area contributed by atoms with Crippen LogP contribution in [0.5, 0.6) is 0 Å². The summed E-state index contributed by atoms with van der Waals surface area (Å²) in [6, 6.07) is 16.1. The highest BCUT2D eigenvalue weighted by atomic mass is 32.2. The SMILES string of the molecule is CCC[C@@H]1C[S@](=O)(c2ccc(C)cc2)=Nc2ccccc21. The highest BCUT2D eigenvalue weighted by Crippen LogP contribution is 2.39. The molecule has 0 aromatic heterocycles. The van der Waals surface area contributed by atoms with E-state index in [1.165, 1.54) is 11.1 Å². The summed E-state index contributed by atoms with van der Waals surface area (Å²) in [5, 5.41) is 0. The first-order chi connectivity index (χ1) is 10.1. The largest absolute Gasteiger partial charge is 0.244 e. The van der Waals surface area contributed by atoms with E-state index in [4.69, 9.17) is 0 Å². The maximum absolute atomic E-state index is 13.4. The fraction of sp³-hybridized carbons (Fsp3) is 0.333. The summed E-state index contributed by atoms with van der Waals surface area (Å²) in [6.07, 6.45) is 2.16. The van der Waals surface area contributed by atoms with Crippen molar-refractivity contribution in [3.05, 3.63) is 59.7 Å². The summed E-state index contributed by atoms with van der Waals surface area (Å²) in [7, 11) is -2.35. The van der Waals surface area contributed by atoms with Crippen LogP contribution in [0.3, 0.4) is 0 Å². The van der Waals surface area contributed by atoms with Crippen LogP contribution in [0, 0.1) is 6.92 Å². The first-order valence-corrected chi connectivity index (χ1v) is 9.21. The quantitative estimate of drug-likeness (QED) is 0.779. The van der Waals surface area contributed by atoms with E-state index in [0.29, 0.717) is 11.7 Å². The lowest BCUT2D eigenvalue weighted by molar-refractivity contribution is 0.635. The summed E-state index contributed by atoms with van der Waals surface area (Å²) in [6.45, 7) is 4.23. The zero-order valence-electron chi connectivity index (χ0n) is 12.6. The minimum atomic E-state index is -2.35. The van der Waals surface area contributed by atoms with E-state index in [2.05, 4.69) is 23.4 Å². The lowest BCUT2D eigenvalue weighted by Crippen LogP contribution is -2.18. The summed E-state index contributed by atoms with van der Waals surface area (Å²) in [5.41, 5.74) is 3.35. The molecule has 1 heterocycles. The number of hydrogen-bond acceptors (Lipinski definition) is 2. The Labute approximate surface area is 127 Å². The van der Waals surface area contributed by atoms with E-state index in [1.807, 2.05) is 43.3 Å². The highest BCUT2D eigenvalue weighted by Gasteiger charge is 2.27. The van der Waals surface area contributed by atoms with Gasteiger partial charge in [-0.2, -0.15) is 4.36 Å².